The van der Waals surface area contributed by atoms with Crippen molar-refractivity contribution < 1.29 is 9.90 Å². The molecule has 2 aromatic rings. The van der Waals surface area contributed by atoms with Gasteiger partial charge in [0.05, 0.1) is 17.3 Å². The van der Waals surface area contributed by atoms with E-state index in [0.29, 0.717) is 23.0 Å². The predicted molar refractivity (Wildman–Crippen MR) is 59.6 cm³/mol. The van der Waals surface area contributed by atoms with Gasteiger partial charge in [0.2, 0.25) is 0 Å². The predicted octanol–water partition coefficient (Wildman–Crippen LogP) is 0.977. The zero-order chi connectivity index (χ0) is 11.7. The molecule has 5 heteroatoms. The second-order valence-electron chi connectivity index (χ2n) is 3.61. The highest BCUT2D eigenvalue weighted by Gasteiger charge is 2.07. The highest BCUT2D eigenvalue weighted by Crippen LogP contribution is 2.11. The standard InChI is InChI=1S/C11H12N2O3/c1-2-13-11(16)8-4-3-7(6-10(14)15)5-9(8)12-13/h3-5,12H,2,6H2,1H3,(H,14,15). The smallest absolute Gasteiger partial charge is 0.307 e. The van der Waals surface area contributed by atoms with Crippen LogP contribution in [-0.2, 0) is 17.8 Å². The van der Waals surface area contributed by atoms with E-state index in [-0.39, 0.29) is 12.0 Å². The van der Waals surface area contributed by atoms with Crippen molar-refractivity contribution >= 4 is 16.9 Å². The number of H-pyrrole nitrogens is 1. The first-order valence-electron chi connectivity index (χ1n) is 5.05. The van der Waals surface area contributed by atoms with Gasteiger partial charge in [-0.3, -0.25) is 19.4 Å². The van der Waals surface area contributed by atoms with Gasteiger partial charge in [-0.2, -0.15) is 0 Å². The summed E-state index contributed by atoms with van der Waals surface area (Å²) in [5.74, 6) is -0.878. The third-order valence-corrected chi connectivity index (χ3v) is 2.49. The monoisotopic (exact) mass is 220 g/mol. The van der Waals surface area contributed by atoms with Crippen molar-refractivity contribution in [3.8, 4) is 0 Å². The molecule has 2 rings (SSSR count). The topological polar surface area (TPSA) is 75.1 Å². The number of aliphatic carboxylic acids is 1. The molecule has 0 aliphatic heterocycles. The number of benzene rings is 1. The van der Waals surface area contributed by atoms with E-state index in [0.717, 1.165) is 0 Å². The highest BCUT2D eigenvalue weighted by molar-refractivity contribution is 5.80. The molecule has 0 spiro atoms. The molecule has 1 heterocycles. The van der Waals surface area contributed by atoms with Gasteiger partial charge >= 0.3 is 5.97 Å². The molecular weight excluding hydrogens is 208 g/mol. The molecule has 1 aromatic carbocycles. The Balaban J connectivity index is 2.54. The maximum absolute atomic E-state index is 11.7. The maximum atomic E-state index is 11.7. The molecule has 0 aliphatic carbocycles. The van der Waals surface area contributed by atoms with Crippen LogP contribution in [0.3, 0.4) is 0 Å². The van der Waals surface area contributed by atoms with Crippen molar-refractivity contribution in [2.24, 2.45) is 0 Å². The molecular formula is C11H12N2O3. The number of hydrogen-bond acceptors (Lipinski definition) is 2. The van der Waals surface area contributed by atoms with Crippen molar-refractivity contribution in [2.45, 2.75) is 19.9 Å². The number of fused-ring (bicyclic) bond motifs is 1. The minimum absolute atomic E-state index is 0.0325. The van der Waals surface area contributed by atoms with Crippen molar-refractivity contribution in [1.82, 2.24) is 9.78 Å². The molecule has 2 N–H and O–H groups in total. The SMILES string of the molecule is CCn1[nH]c2cc(CC(=O)O)ccc2c1=O. The zero-order valence-electron chi connectivity index (χ0n) is 8.86. The average molecular weight is 220 g/mol. The third-order valence-electron chi connectivity index (χ3n) is 2.49. The van der Waals surface area contributed by atoms with Crippen molar-refractivity contribution in [1.29, 1.82) is 0 Å². The second kappa shape index (κ2) is 3.84. The van der Waals surface area contributed by atoms with Gasteiger partial charge < -0.3 is 5.11 Å². The second-order valence-corrected chi connectivity index (χ2v) is 3.61. The number of carbonyl (C=O) groups is 1. The van der Waals surface area contributed by atoms with Crippen LogP contribution in [-0.4, -0.2) is 20.9 Å². The zero-order valence-corrected chi connectivity index (χ0v) is 8.86. The Morgan fingerprint density at radius 1 is 1.50 bits per heavy atom. The minimum Gasteiger partial charge on any atom is -0.481 e. The summed E-state index contributed by atoms with van der Waals surface area (Å²) >= 11 is 0. The van der Waals surface area contributed by atoms with Crippen LogP contribution in [0.4, 0.5) is 0 Å². The van der Waals surface area contributed by atoms with Gasteiger partial charge in [0.1, 0.15) is 0 Å². The lowest BCUT2D eigenvalue weighted by Gasteiger charge is -1.95. The molecule has 0 amide bonds. The summed E-state index contributed by atoms with van der Waals surface area (Å²) in [6.07, 6.45) is -0.0325. The number of hydrogen-bond donors (Lipinski definition) is 2. The molecule has 0 fully saturated rings. The van der Waals surface area contributed by atoms with Crippen LogP contribution in [0.15, 0.2) is 23.0 Å². The van der Waals surface area contributed by atoms with Crippen molar-refractivity contribution in [3.05, 3.63) is 34.1 Å². The summed E-state index contributed by atoms with van der Waals surface area (Å²) in [5.41, 5.74) is 1.30. The molecule has 0 bridgehead atoms. The molecule has 5 nitrogen and oxygen atoms in total. The number of rotatable bonds is 3. The van der Waals surface area contributed by atoms with Gasteiger partial charge in [-0.25, -0.2) is 0 Å². The van der Waals surface area contributed by atoms with E-state index in [1.165, 1.54) is 4.68 Å². The van der Waals surface area contributed by atoms with Crippen LogP contribution in [0.2, 0.25) is 0 Å². The molecule has 0 saturated heterocycles. The first-order valence-corrected chi connectivity index (χ1v) is 5.05. The summed E-state index contributed by atoms with van der Waals surface area (Å²) in [5, 5.41) is 12.2. The fraction of sp³-hybridized carbons (Fsp3) is 0.273. The largest absolute Gasteiger partial charge is 0.481 e. The lowest BCUT2D eigenvalue weighted by atomic mass is 10.1. The van der Waals surface area contributed by atoms with Crippen molar-refractivity contribution in [2.75, 3.05) is 0 Å². The fourth-order valence-corrected chi connectivity index (χ4v) is 1.72. The van der Waals surface area contributed by atoms with Gasteiger partial charge in [0, 0.05) is 6.54 Å². The maximum Gasteiger partial charge on any atom is 0.307 e. The summed E-state index contributed by atoms with van der Waals surface area (Å²) < 4.78 is 1.50. The number of aryl methyl sites for hydroxylation is 1. The van der Waals surface area contributed by atoms with Crippen LogP contribution < -0.4 is 5.56 Å². The molecule has 1 aromatic heterocycles. The molecule has 0 aliphatic rings. The number of aromatic amines is 1. The van der Waals surface area contributed by atoms with Gasteiger partial charge in [-0.1, -0.05) is 6.07 Å². The summed E-state index contributed by atoms with van der Waals surface area (Å²) in [6, 6.07) is 5.04. The molecule has 0 saturated carbocycles. The van der Waals surface area contributed by atoms with E-state index in [4.69, 9.17) is 5.11 Å². The van der Waals surface area contributed by atoms with E-state index >= 15 is 0 Å². The Labute approximate surface area is 91.3 Å². The van der Waals surface area contributed by atoms with Gasteiger partial charge in [-0.15, -0.1) is 0 Å². The Hall–Kier alpha value is -2.04. The summed E-state index contributed by atoms with van der Waals surface area (Å²) in [7, 11) is 0. The summed E-state index contributed by atoms with van der Waals surface area (Å²) in [4.78, 5) is 22.3. The first kappa shape index (κ1) is 10.5. The highest BCUT2D eigenvalue weighted by atomic mass is 16.4. The van der Waals surface area contributed by atoms with E-state index < -0.39 is 5.97 Å². The molecule has 0 radical (unpaired) electrons. The Morgan fingerprint density at radius 3 is 2.88 bits per heavy atom. The molecule has 0 atom stereocenters. The molecule has 84 valence electrons. The lowest BCUT2D eigenvalue weighted by molar-refractivity contribution is -0.136. The quantitative estimate of drug-likeness (QED) is 0.809. The van der Waals surface area contributed by atoms with E-state index in [1.54, 1.807) is 18.2 Å². The number of nitrogens with one attached hydrogen (secondary N) is 1. The van der Waals surface area contributed by atoms with Gasteiger partial charge in [0.25, 0.3) is 5.56 Å². The number of nitrogens with zero attached hydrogens (tertiary/aromatic N) is 1. The Bertz CT molecular complexity index is 595. The minimum atomic E-state index is -0.878. The lowest BCUT2D eigenvalue weighted by Crippen LogP contribution is -2.14. The van der Waals surface area contributed by atoms with Crippen LogP contribution in [0, 0.1) is 0 Å². The van der Waals surface area contributed by atoms with Crippen LogP contribution >= 0.6 is 0 Å². The van der Waals surface area contributed by atoms with E-state index in [1.807, 2.05) is 6.92 Å². The fourth-order valence-electron chi connectivity index (χ4n) is 1.72. The number of carboxylic acids is 1. The van der Waals surface area contributed by atoms with Crippen LogP contribution in [0.5, 0.6) is 0 Å². The van der Waals surface area contributed by atoms with Gasteiger partial charge in [0.15, 0.2) is 0 Å². The Kier molecular flexibility index (Phi) is 2.52. The van der Waals surface area contributed by atoms with Gasteiger partial charge in [-0.05, 0) is 24.6 Å². The average Bonchev–Trinajstić information content (AvgIpc) is 2.54. The van der Waals surface area contributed by atoms with Crippen LogP contribution in [0.25, 0.3) is 10.9 Å². The first-order chi connectivity index (χ1) is 7.61. The Morgan fingerprint density at radius 2 is 2.25 bits per heavy atom. The van der Waals surface area contributed by atoms with E-state index in [2.05, 4.69) is 5.10 Å². The summed E-state index contributed by atoms with van der Waals surface area (Å²) in [6.45, 7) is 2.44. The van der Waals surface area contributed by atoms with Crippen LogP contribution in [0.1, 0.15) is 12.5 Å². The molecule has 16 heavy (non-hydrogen) atoms. The van der Waals surface area contributed by atoms with Crippen molar-refractivity contribution in [3.63, 3.8) is 0 Å². The van der Waals surface area contributed by atoms with E-state index in [9.17, 15) is 9.59 Å². The number of carboxylic acid groups (broad SMARTS) is 1. The third kappa shape index (κ3) is 1.71. The normalized spacial score (nSPS) is 10.8. The number of aromatic nitrogens is 2. The molecule has 0 unspecified atom stereocenters.